The molecule has 3 N–H and O–H groups in total. The second-order valence-corrected chi connectivity index (χ2v) is 22.7. The maximum absolute atomic E-state index is 12.7. The van der Waals surface area contributed by atoms with Crippen LogP contribution in [0, 0.1) is 0 Å². The Morgan fingerprint density at radius 1 is 0.400 bits per heavy atom. The number of phosphoric ester groups is 1. The van der Waals surface area contributed by atoms with Crippen LogP contribution in [-0.4, -0.2) is 49.3 Å². The number of nitrogens with two attached hydrogens (primary N) is 1. The summed E-state index contributed by atoms with van der Waals surface area (Å²) in [5.74, 6) is -0.831. The minimum atomic E-state index is -4.39. The maximum atomic E-state index is 12.7. The molecule has 0 saturated heterocycles. The number of carbonyl (C=O) groups excluding carboxylic acids is 2. The summed E-state index contributed by atoms with van der Waals surface area (Å²) in [7, 11) is -4.39. The first-order chi connectivity index (χ1) is 36.8. The van der Waals surface area contributed by atoms with Crippen molar-refractivity contribution in [3.8, 4) is 0 Å². The monoisotopic (exact) mass is 1070 g/mol. The number of phosphoric acid groups is 1. The van der Waals surface area contributed by atoms with E-state index in [1.54, 1.807) is 0 Å². The van der Waals surface area contributed by atoms with Crippen LogP contribution < -0.4 is 5.73 Å². The van der Waals surface area contributed by atoms with Gasteiger partial charge in [-0.05, 0) is 83.5 Å². The van der Waals surface area contributed by atoms with Crippen LogP contribution in [0.15, 0.2) is 60.8 Å². The molecule has 0 radical (unpaired) electrons. The number of ether oxygens (including phenoxy) is 2. The molecule has 0 aliphatic carbocycles. The van der Waals surface area contributed by atoms with Gasteiger partial charge >= 0.3 is 19.8 Å². The molecule has 438 valence electrons. The highest BCUT2D eigenvalue weighted by Gasteiger charge is 2.26. The highest BCUT2D eigenvalue weighted by atomic mass is 31.2. The molecule has 0 saturated carbocycles. The molecule has 0 aliphatic heterocycles. The summed E-state index contributed by atoms with van der Waals surface area (Å²) in [6.45, 7) is 3.74. The molecule has 10 heteroatoms. The molecule has 0 aliphatic rings. The maximum Gasteiger partial charge on any atom is 0.472 e. The number of hydrogen-bond donors (Lipinski definition) is 2. The Labute approximate surface area is 463 Å². The minimum absolute atomic E-state index is 0.0504. The number of unbranched alkanes of at least 4 members (excludes halogenated alkanes) is 37. The van der Waals surface area contributed by atoms with Crippen molar-refractivity contribution in [3.05, 3.63) is 60.8 Å². The molecule has 9 nitrogen and oxygen atoms in total. The quantitative estimate of drug-likeness (QED) is 0.0264. The van der Waals surface area contributed by atoms with Crippen LogP contribution in [-0.2, 0) is 32.7 Å². The fraction of sp³-hybridized carbons (Fsp3) is 0.815. The summed E-state index contributed by atoms with van der Waals surface area (Å²) in [6, 6.07) is 0. The summed E-state index contributed by atoms with van der Waals surface area (Å²) in [4.78, 5) is 35.2. The molecule has 0 heterocycles. The van der Waals surface area contributed by atoms with Gasteiger partial charge in [-0.15, -0.1) is 0 Å². The SMILES string of the molecule is CCCCCCC/C=C\C/C=C\C/C=C\CCCCCCCCC(=O)OC(COC(=O)CCCCCCCCCCCCCCCCCCCCCCC/C=C\C/C=C\CCCCCCC)COP(=O)(O)OCCN. The van der Waals surface area contributed by atoms with Crippen molar-refractivity contribution in [2.24, 2.45) is 5.73 Å². The molecule has 0 fully saturated rings. The van der Waals surface area contributed by atoms with E-state index in [0.717, 1.165) is 77.0 Å². The Morgan fingerprint density at radius 2 is 0.693 bits per heavy atom. The Balaban J connectivity index is 3.88. The third-order valence-corrected chi connectivity index (χ3v) is 14.9. The smallest absolute Gasteiger partial charge is 0.462 e. The van der Waals surface area contributed by atoms with Crippen molar-refractivity contribution in [1.82, 2.24) is 0 Å². The van der Waals surface area contributed by atoms with E-state index in [4.69, 9.17) is 24.3 Å². The van der Waals surface area contributed by atoms with Gasteiger partial charge in [0.05, 0.1) is 13.2 Å². The van der Waals surface area contributed by atoms with E-state index >= 15 is 0 Å². The van der Waals surface area contributed by atoms with Gasteiger partial charge in [-0.1, -0.05) is 274 Å². The molecule has 0 aromatic carbocycles. The van der Waals surface area contributed by atoms with Gasteiger partial charge in [-0.2, -0.15) is 0 Å². The fourth-order valence-corrected chi connectivity index (χ4v) is 9.91. The van der Waals surface area contributed by atoms with Gasteiger partial charge in [0, 0.05) is 19.4 Å². The van der Waals surface area contributed by atoms with Gasteiger partial charge in [-0.25, -0.2) is 4.57 Å². The molecule has 0 rings (SSSR count). The predicted molar refractivity (Wildman–Crippen MR) is 321 cm³/mol. The average Bonchev–Trinajstić information content (AvgIpc) is 3.40. The van der Waals surface area contributed by atoms with Crippen LogP contribution in [0.5, 0.6) is 0 Å². The lowest BCUT2D eigenvalue weighted by Crippen LogP contribution is -2.29. The van der Waals surface area contributed by atoms with Gasteiger partial charge in [0.2, 0.25) is 0 Å². The predicted octanol–water partition coefficient (Wildman–Crippen LogP) is 20.3. The highest BCUT2D eigenvalue weighted by Crippen LogP contribution is 2.43. The highest BCUT2D eigenvalue weighted by molar-refractivity contribution is 7.47. The standard InChI is InChI=1S/C65H120NO8P/c1-3-5-7-9-11-13-15-17-19-21-23-25-26-27-28-29-30-31-32-33-34-35-36-38-39-41-43-45-47-49-51-53-55-57-64(67)71-61-63(62-73-75(69,70)72-60-59-66)74-65(68)58-56-54-52-50-48-46-44-42-40-37-24-22-20-18-16-14-12-10-8-6-4-2/h15-18,21-24,40,42,63H,3-14,19-20,25-39,41,43-62,66H2,1-2H3,(H,69,70)/b17-15-,18-16-,23-21-,24-22-,42-40-. The molecule has 0 aromatic heterocycles. The van der Waals surface area contributed by atoms with E-state index in [1.165, 1.54) is 199 Å². The summed E-state index contributed by atoms with van der Waals surface area (Å²) < 4.78 is 33.1. The van der Waals surface area contributed by atoms with Crippen LogP contribution in [0.2, 0.25) is 0 Å². The zero-order valence-corrected chi connectivity index (χ0v) is 49.9. The van der Waals surface area contributed by atoms with E-state index < -0.39 is 26.5 Å². The fourth-order valence-electron chi connectivity index (χ4n) is 9.15. The molecule has 75 heavy (non-hydrogen) atoms. The van der Waals surface area contributed by atoms with Crippen molar-refractivity contribution >= 4 is 19.8 Å². The number of esters is 2. The topological polar surface area (TPSA) is 134 Å². The lowest BCUT2D eigenvalue weighted by molar-refractivity contribution is -0.161. The van der Waals surface area contributed by atoms with Gasteiger partial charge < -0.3 is 20.1 Å². The lowest BCUT2D eigenvalue weighted by atomic mass is 10.0. The van der Waals surface area contributed by atoms with Crippen molar-refractivity contribution < 1.29 is 37.6 Å². The van der Waals surface area contributed by atoms with Crippen LogP contribution in [0.3, 0.4) is 0 Å². The Hall–Kier alpha value is -2.29. The first kappa shape index (κ1) is 72.7. The molecule has 0 bridgehead atoms. The first-order valence-corrected chi connectivity index (χ1v) is 33.3. The molecular weight excluding hydrogens is 954 g/mol. The van der Waals surface area contributed by atoms with E-state index in [0.29, 0.717) is 6.42 Å². The number of allylic oxidation sites excluding steroid dienone is 10. The Kier molecular flexibility index (Phi) is 59.1. The zero-order valence-electron chi connectivity index (χ0n) is 49.0. The van der Waals surface area contributed by atoms with Crippen LogP contribution in [0.25, 0.3) is 0 Å². The number of rotatable bonds is 60. The van der Waals surface area contributed by atoms with Crippen LogP contribution in [0.1, 0.15) is 309 Å². The normalized spacial score (nSPS) is 13.4. The van der Waals surface area contributed by atoms with Gasteiger partial charge in [-0.3, -0.25) is 18.6 Å². The summed E-state index contributed by atoms with van der Waals surface area (Å²) >= 11 is 0. The van der Waals surface area contributed by atoms with Gasteiger partial charge in [0.15, 0.2) is 6.10 Å². The summed E-state index contributed by atoms with van der Waals surface area (Å²) in [5.41, 5.74) is 5.39. The number of carbonyl (C=O) groups is 2. The average molecular weight is 1070 g/mol. The van der Waals surface area contributed by atoms with Crippen molar-refractivity contribution in [2.75, 3.05) is 26.4 Å². The third-order valence-electron chi connectivity index (χ3n) is 13.9. The largest absolute Gasteiger partial charge is 0.472 e. The molecule has 0 spiro atoms. The van der Waals surface area contributed by atoms with E-state index in [1.807, 2.05) is 0 Å². The Bertz CT molecular complexity index is 1410. The van der Waals surface area contributed by atoms with Gasteiger partial charge in [0.1, 0.15) is 6.61 Å². The third kappa shape index (κ3) is 60.8. The minimum Gasteiger partial charge on any atom is -0.462 e. The first-order valence-electron chi connectivity index (χ1n) is 31.8. The molecule has 0 aromatic rings. The summed E-state index contributed by atoms with van der Waals surface area (Å²) in [5, 5.41) is 0. The number of hydrogen-bond acceptors (Lipinski definition) is 8. The van der Waals surface area contributed by atoms with Crippen molar-refractivity contribution in [3.63, 3.8) is 0 Å². The molecular formula is C65H120NO8P. The summed E-state index contributed by atoms with van der Waals surface area (Å²) in [6.07, 6.45) is 77.3. The zero-order chi connectivity index (χ0) is 54.5. The van der Waals surface area contributed by atoms with Crippen molar-refractivity contribution in [2.45, 2.75) is 315 Å². The molecule has 2 atom stereocenters. The van der Waals surface area contributed by atoms with Crippen molar-refractivity contribution in [1.29, 1.82) is 0 Å². The Morgan fingerprint density at radius 3 is 1.03 bits per heavy atom. The van der Waals surface area contributed by atoms with Gasteiger partial charge in [0.25, 0.3) is 0 Å². The second-order valence-electron chi connectivity index (χ2n) is 21.3. The second kappa shape index (κ2) is 60.9. The van der Waals surface area contributed by atoms with Crippen LogP contribution >= 0.6 is 7.82 Å². The molecule has 0 amide bonds. The van der Waals surface area contributed by atoms with E-state index in [9.17, 15) is 19.0 Å². The van der Waals surface area contributed by atoms with Crippen LogP contribution in [0.4, 0.5) is 0 Å². The van der Waals surface area contributed by atoms with E-state index in [-0.39, 0.29) is 38.6 Å². The van der Waals surface area contributed by atoms with E-state index in [2.05, 4.69) is 74.6 Å². The molecule has 2 unspecified atom stereocenters. The lowest BCUT2D eigenvalue weighted by Gasteiger charge is -2.19.